The van der Waals surface area contributed by atoms with Gasteiger partial charge in [0.1, 0.15) is 17.6 Å². The minimum atomic E-state index is -4.54. The van der Waals surface area contributed by atoms with Gasteiger partial charge in [0.05, 0.1) is 23.6 Å². The standard InChI is InChI=1S/C20H18F4N6/c1-10-3-11(5-17(25)20(22,23)24)4-14(21)18(10)15-6-13-16(8-26-15)28-29-19(13)12-7-27-30(2)9-12/h3-4,6-9,17H,5,25H2,1-2H3,(H,28,29). The predicted molar refractivity (Wildman–Crippen MR) is 104 cm³/mol. The molecule has 0 aliphatic carbocycles. The molecule has 0 saturated heterocycles. The van der Waals surface area contributed by atoms with Crippen molar-refractivity contribution in [2.75, 3.05) is 0 Å². The van der Waals surface area contributed by atoms with E-state index in [2.05, 4.69) is 20.3 Å². The van der Waals surface area contributed by atoms with Gasteiger partial charge in [0.2, 0.25) is 0 Å². The van der Waals surface area contributed by atoms with Crippen molar-refractivity contribution in [1.29, 1.82) is 0 Å². The summed E-state index contributed by atoms with van der Waals surface area (Å²) in [5.74, 6) is -0.655. The Balaban J connectivity index is 1.75. The van der Waals surface area contributed by atoms with Crippen molar-refractivity contribution in [2.45, 2.75) is 25.6 Å². The summed E-state index contributed by atoms with van der Waals surface area (Å²) in [6.45, 7) is 1.63. The lowest BCUT2D eigenvalue weighted by Gasteiger charge is -2.17. The van der Waals surface area contributed by atoms with Gasteiger partial charge in [0.25, 0.3) is 0 Å². The van der Waals surface area contributed by atoms with Gasteiger partial charge in [0, 0.05) is 29.8 Å². The molecule has 30 heavy (non-hydrogen) atoms. The topological polar surface area (TPSA) is 85.4 Å². The van der Waals surface area contributed by atoms with Crippen molar-refractivity contribution in [2.24, 2.45) is 12.8 Å². The first-order valence-electron chi connectivity index (χ1n) is 9.08. The van der Waals surface area contributed by atoms with Gasteiger partial charge in [-0.05, 0) is 36.6 Å². The Labute approximate surface area is 168 Å². The molecule has 0 aliphatic heterocycles. The van der Waals surface area contributed by atoms with E-state index in [-0.39, 0.29) is 11.1 Å². The Morgan fingerprint density at radius 2 is 1.97 bits per heavy atom. The third-order valence-electron chi connectivity index (χ3n) is 4.90. The molecule has 0 bridgehead atoms. The lowest BCUT2D eigenvalue weighted by Crippen LogP contribution is -2.39. The quantitative estimate of drug-likeness (QED) is 0.492. The summed E-state index contributed by atoms with van der Waals surface area (Å²) in [5.41, 5.74) is 8.51. The second-order valence-electron chi connectivity index (χ2n) is 7.21. The number of pyridine rings is 1. The van der Waals surface area contributed by atoms with E-state index < -0.39 is 24.5 Å². The number of alkyl halides is 3. The average molecular weight is 418 g/mol. The molecule has 0 fully saturated rings. The Hall–Kier alpha value is -3.27. The van der Waals surface area contributed by atoms with Crippen LogP contribution in [0.5, 0.6) is 0 Å². The molecular weight excluding hydrogens is 400 g/mol. The summed E-state index contributed by atoms with van der Waals surface area (Å²) in [7, 11) is 1.79. The van der Waals surface area contributed by atoms with Crippen molar-refractivity contribution >= 4 is 10.9 Å². The number of rotatable bonds is 4. The Bertz CT molecular complexity index is 1200. The number of aromatic amines is 1. The molecule has 10 heteroatoms. The third-order valence-corrected chi connectivity index (χ3v) is 4.90. The molecule has 0 amide bonds. The van der Waals surface area contributed by atoms with E-state index >= 15 is 0 Å². The van der Waals surface area contributed by atoms with Crippen molar-refractivity contribution in [1.82, 2.24) is 25.0 Å². The minimum absolute atomic E-state index is 0.180. The van der Waals surface area contributed by atoms with E-state index in [1.54, 1.807) is 43.3 Å². The zero-order valence-electron chi connectivity index (χ0n) is 16.1. The molecule has 1 atom stereocenters. The van der Waals surface area contributed by atoms with Crippen LogP contribution in [0, 0.1) is 12.7 Å². The smallest absolute Gasteiger partial charge is 0.320 e. The molecule has 1 unspecified atom stereocenters. The van der Waals surface area contributed by atoms with Crippen LogP contribution >= 0.6 is 0 Å². The maximum absolute atomic E-state index is 14.9. The van der Waals surface area contributed by atoms with Crippen LogP contribution in [0.3, 0.4) is 0 Å². The van der Waals surface area contributed by atoms with E-state index in [0.717, 1.165) is 17.0 Å². The number of fused-ring (bicyclic) bond motifs is 1. The molecule has 0 aliphatic rings. The SMILES string of the molecule is Cc1cc(CC(N)C(F)(F)F)cc(F)c1-c1cc2c(-c3cnn(C)c3)n[nH]c2cn1. The average Bonchev–Trinajstić information content (AvgIpc) is 3.26. The van der Waals surface area contributed by atoms with Crippen molar-refractivity contribution in [3.63, 3.8) is 0 Å². The molecular formula is C20H18F4N6. The predicted octanol–water partition coefficient (Wildman–Crippen LogP) is 3.91. The number of benzene rings is 1. The number of hydrogen-bond donors (Lipinski definition) is 2. The van der Waals surface area contributed by atoms with E-state index in [0.29, 0.717) is 22.5 Å². The normalized spacial score (nSPS) is 13.2. The molecule has 4 aromatic rings. The summed E-state index contributed by atoms with van der Waals surface area (Å²) in [6.07, 6.45) is -0.0229. The van der Waals surface area contributed by atoms with Crippen LogP contribution in [0.15, 0.2) is 36.8 Å². The van der Waals surface area contributed by atoms with Crippen molar-refractivity contribution < 1.29 is 17.6 Å². The molecule has 3 heterocycles. The van der Waals surface area contributed by atoms with Gasteiger partial charge in [-0.3, -0.25) is 14.8 Å². The van der Waals surface area contributed by atoms with Gasteiger partial charge in [-0.15, -0.1) is 0 Å². The molecule has 0 spiro atoms. The largest absolute Gasteiger partial charge is 0.403 e. The lowest BCUT2D eigenvalue weighted by atomic mass is 9.97. The Kier molecular flexibility index (Phi) is 4.81. The van der Waals surface area contributed by atoms with Crippen LogP contribution in [0.1, 0.15) is 11.1 Å². The van der Waals surface area contributed by atoms with Crippen LogP contribution < -0.4 is 5.73 Å². The summed E-state index contributed by atoms with van der Waals surface area (Å²) < 4.78 is 54.7. The van der Waals surface area contributed by atoms with Crippen molar-refractivity contribution in [3.05, 3.63) is 53.7 Å². The van der Waals surface area contributed by atoms with Gasteiger partial charge in [-0.25, -0.2) is 4.39 Å². The molecule has 4 rings (SSSR count). The van der Waals surface area contributed by atoms with E-state index in [4.69, 9.17) is 5.73 Å². The molecule has 6 nitrogen and oxygen atoms in total. The number of halogens is 4. The van der Waals surface area contributed by atoms with Crippen molar-refractivity contribution in [3.8, 4) is 22.5 Å². The fraction of sp³-hybridized carbons (Fsp3) is 0.250. The summed E-state index contributed by atoms with van der Waals surface area (Å²) >= 11 is 0. The highest BCUT2D eigenvalue weighted by Crippen LogP contribution is 2.32. The fourth-order valence-corrected chi connectivity index (χ4v) is 3.44. The molecule has 156 valence electrons. The number of nitrogens with zero attached hydrogens (tertiary/aromatic N) is 4. The maximum atomic E-state index is 14.9. The molecule has 1 aromatic carbocycles. The number of nitrogens with two attached hydrogens (primary N) is 1. The van der Waals surface area contributed by atoms with E-state index in [1.165, 1.54) is 6.07 Å². The number of aryl methyl sites for hydroxylation is 2. The van der Waals surface area contributed by atoms with Crippen LogP contribution in [0.4, 0.5) is 17.6 Å². The molecule has 0 radical (unpaired) electrons. The zero-order valence-corrected chi connectivity index (χ0v) is 16.1. The fourth-order valence-electron chi connectivity index (χ4n) is 3.44. The summed E-state index contributed by atoms with van der Waals surface area (Å²) in [4.78, 5) is 4.30. The Morgan fingerprint density at radius 1 is 1.20 bits per heavy atom. The summed E-state index contributed by atoms with van der Waals surface area (Å²) in [6, 6.07) is 2.24. The van der Waals surface area contributed by atoms with Crippen LogP contribution in [-0.2, 0) is 13.5 Å². The van der Waals surface area contributed by atoms with Crippen LogP contribution in [-0.4, -0.2) is 37.2 Å². The highest BCUT2D eigenvalue weighted by atomic mass is 19.4. The van der Waals surface area contributed by atoms with Crippen LogP contribution in [0.2, 0.25) is 0 Å². The molecule has 3 aromatic heterocycles. The Morgan fingerprint density at radius 3 is 2.60 bits per heavy atom. The number of H-pyrrole nitrogens is 1. The number of hydrogen-bond acceptors (Lipinski definition) is 4. The minimum Gasteiger partial charge on any atom is -0.320 e. The van der Waals surface area contributed by atoms with Gasteiger partial charge in [-0.2, -0.15) is 23.4 Å². The van der Waals surface area contributed by atoms with Gasteiger partial charge >= 0.3 is 6.18 Å². The highest BCUT2D eigenvalue weighted by molar-refractivity contribution is 5.94. The molecule has 0 saturated carbocycles. The zero-order chi connectivity index (χ0) is 21.6. The summed E-state index contributed by atoms with van der Waals surface area (Å²) in [5, 5.41) is 12.0. The van der Waals surface area contributed by atoms with Gasteiger partial charge in [-0.1, -0.05) is 6.07 Å². The second-order valence-corrected chi connectivity index (χ2v) is 7.21. The second kappa shape index (κ2) is 7.21. The van der Waals surface area contributed by atoms with E-state index in [1.807, 2.05) is 0 Å². The lowest BCUT2D eigenvalue weighted by molar-refractivity contribution is -0.147. The van der Waals surface area contributed by atoms with Crippen LogP contribution in [0.25, 0.3) is 33.4 Å². The monoisotopic (exact) mass is 418 g/mol. The first kappa shape index (κ1) is 20.0. The third kappa shape index (κ3) is 3.65. The van der Waals surface area contributed by atoms with Gasteiger partial charge in [0.15, 0.2) is 0 Å². The number of nitrogens with one attached hydrogen (secondary N) is 1. The first-order valence-corrected chi connectivity index (χ1v) is 9.08. The number of aromatic nitrogens is 5. The first-order chi connectivity index (χ1) is 14.1. The highest BCUT2D eigenvalue weighted by Gasteiger charge is 2.36. The van der Waals surface area contributed by atoms with E-state index in [9.17, 15) is 17.6 Å². The van der Waals surface area contributed by atoms with Gasteiger partial charge < -0.3 is 5.73 Å². The molecule has 3 N–H and O–H groups in total. The maximum Gasteiger partial charge on any atom is 0.403 e.